The number of aliphatic imine (C=N–C) groups is 1. The highest BCUT2D eigenvalue weighted by Crippen LogP contribution is 2.37. The van der Waals surface area contributed by atoms with E-state index in [1.54, 1.807) is 0 Å². The van der Waals surface area contributed by atoms with Crippen LogP contribution in [0.5, 0.6) is 0 Å². The van der Waals surface area contributed by atoms with Gasteiger partial charge in [0.15, 0.2) is 0 Å². The lowest BCUT2D eigenvalue weighted by atomic mass is 9.77. The average Bonchev–Trinajstić information content (AvgIpc) is 2.73. The van der Waals surface area contributed by atoms with Crippen LogP contribution in [0.2, 0.25) is 0 Å². The Kier molecular flexibility index (Phi) is 7.61. The molecule has 3 rings (SSSR count). The molecule has 0 N–H and O–H groups in total. The van der Waals surface area contributed by atoms with Gasteiger partial charge in [0, 0.05) is 11.1 Å². The van der Waals surface area contributed by atoms with Crippen LogP contribution in [-0.2, 0) is 0 Å². The molecule has 0 aromatic heterocycles. The predicted molar refractivity (Wildman–Crippen MR) is 123 cm³/mol. The molecule has 28 heavy (non-hydrogen) atoms. The second kappa shape index (κ2) is 10.4. The molecule has 144 valence electrons. The maximum Gasteiger partial charge on any atom is 0.0769 e. The Balaban J connectivity index is 1.61. The molecular weight excluding hydrogens is 358 g/mol. The Hall–Kier alpha value is -2.20. The summed E-state index contributed by atoms with van der Waals surface area (Å²) in [5.74, 6) is 8.24. The first kappa shape index (κ1) is 20.5. The maximum atomic E-state index is 4.68. The molecule has 0 bridgehead atoms. The maximum absolute atomic E-state index is 4.68. The minimum atomic E-state index is 0.733. The summed E-state index contributed by atoms with van der Waals surface area (Å²) in [5.41, 5.74) is 5.47. The molecule has 0 atom stereocenters. The van der Waals surface area contributed by atoms with Crippen LogP contribution in [0.3, 0.4) is 0 Å². The van der Waals surface area contributed by atoms with Crippen molar-refractivity contribution in [2.45, 2.75) is 64.7 Å². The number of isothiocyanates is 1. The van der Waals surface area contributed by atoms with Crippen LogP contribution in [0.4, 0.5) is 5.69 Å². The molecule has 1 aliphatic rings. The molecule has 0 aliphatic heterocycles. The van der Waals surface area contributed by atoms with E-state index >= 15 is 0 Å². The van der Waals surface area contributed by atoms with Gasteiger partial charge in [-0.3, -0.25) is 0 Å². The lowest BCUT2D eigenvalue weighted by Crippen LogP contribution is -2.13. The van der Waals surface area contributed by atoms with Gasteiger partial charge in [-0.25, -0.2) is 0 Å². The zero-order chi connectivity index (χ0) is 19.8. The van der Waals surface area contributed by atoms with Gasteiger partial charge in [0.05, 0.1) is 10.8 Å². The van der Waals surface area contributed by atoms with Crippen molar-refractivity contribution in [2.75, 3.05) is 0 Å². The van der Waals surface area contributed by atoms with E-state index in [4.69, 9.17) is 0 Å². The number of unbranched alkanes of at least 4 members (excludes halogenated alkanes) is 1. The number of hydrogen-bond acceptors (Lipinski definition) is 2. The van der Waals surface area contributed by atoms with Crippen molar-refractivity contribution in [3.8, 4) is 11.8 Å². The molecule has 0 heterocycles. The van der Waals surface area contributed by atoms with Crippen LogP contribution in [-0.4, -0.2) is 5.16 Å². The molecule has 1 aliphatic carbocycles. The van der Waals surface area contributed by atoms with Gasteiger partial charge in [-0.1, -0.05) is 50.2 Å². The fraction of sp³-hybridized carbons (Fsp3) is 0.423. The van der Waals surface area contributed by atoms with Crippen molar-refractivity contribution < 1.29 is 0 Å². The lowest BCUT2D eigenvalue weighted by molar-refractivity contribution is 0.304. The van der Waals surface area contributed by atoms with Gasteiger partial charge in [0.25, 0.3) is 0 Å². The summed E-state index contributed by atoms with van der Waals surface area (Å²) in [6.45, 7) is 4.31. The van der Waals surface area contributed by atoms with Crippen LogP contribution in [0.1, 0.15) is 80.0 Å². The smallest absolute Gasteiger partial charge is 0.0769 e. The fourth-order valence-corrected chi connectivity index (χ4v) is 4.27. The quantitative estimate of drug-likeness (QED) is 0.292. The molecule has 0 radical (unpaired) electrons. The van der Waals surface area contributed by atoms with E-state index in [0.29, 0.717) is 0 Å². The number of nitrogens with zero attached hydrogens (tertiary/aromatic N) is 1. The third-order valence-corrected chi connectivity index (χ3v) is 6.00. The molecule has 1 fully saturated rings. The molecule has 2 heteroatoms. The summed E-state index contributed by atoms with van der Waals surface area (Å²) in [6.07, 6.45) is 9.63. The molecule has 1 saturated carbocycles. The van der Waals surface area contributed by atoms with Gasteiger partial charge in [0.2, 0.25) is 0 Å². The standard InChI is InChI=1S/C26H29NS/c1-3-4-5-21-8-13-24(14-9-21)25-15-10-22(11-16-25)6-7-23-12-17-26(27-19-28)20(2)18-23/h10-12,15-18,21,24H,3-5,8-9,13-14H2,1-2H3. The van der Waals surface area contributed by atoms with E-state index in [0.717, 1.165) is 34.2 Å². The van der Waals surface area contributed by atoms with E-state index < -0.39 is 0 Å². The van der Waals surface area contributed by atoms with Crippen LogP contribution < -0.4 is 0 Å². The summed E-state index contributed by atoms with van der Waals surface area (Å²) in [4.78, 5) is 4.06. The third-order valence-electron chi connectivity index (χ3n) is 5.91. The SMILES string of the molecule is CCCCC1CCC(c2ccc(C#Cc3ccc(N=C=S)c(C)c3)cc2)CC1. The largest absolute Gasteiger partial charge is 0.194 e. The molecule has 2 aromatic carbocycles. The molecule has 2 aromatic rings. The lowest BCUT2D eigenvalue weighted by Gasteiger charge is -2.28. The first-order valence-electron chi connectivity index (χ1n) is 10.5. The van der Waals surface area contributed by atoms with E-state index in [9.17, 15) is 0 Å². The van der Waals surface area contributed by atoms with Crippen molar-refractivity contribution in [3.63, 3.8) is 0 Å². The highest BCUT2D eigenvalue weighted by Gasteiger charge is 2.21. The first-order valence-corrected chi connectivity index (χ1v) is 10.9. The highest BCUT2D eigenvalue weighted by atomic mass is 32.1. The van der Waals surface area contributed by atoms with E-state index in [2.05, 4.69) is 65.4 Å². The Labute approximate surface area is 175 Å². The number of hydrogen-bond donors (Lipinski definition) is 0. The Morgan fingerprint density at radius 2 is 1.64 bits per heavy atom. The predicted octanol–water partition coefficient (Wildman–Crippen LogP) is 7.59. The van der Waals surface area contributed by atoms with Crippen LogP contribution in [0, 0.1) is 24.7 Å². The van der Waals surface area contributed by atoms with Crippen LogP contribution in [0.25, 0.3) is 0 Å². The average molecular weight is 388 g/mol. The Morgan fingerprint density at radius 1 is 0.964 bits per heavy atom. The third kappa shape index (κ3) is 5.65. The second-order valence-electron chi connectivity index (χ2n) is 7.94. The van der Waals surface area contributed by atoms with Gasteiger partial charge in [-0.05, 0) is 98.1 Å². The fourth-order valence-electron chi connectivity index (χ4n) is 4.17. The second-order valence-corrected chi connectivity index (χ2v) is 8.12. The summed E-state index contributed by atoms with van der Waals surface area (Å²) in [7, 11) is 0. The van der Waals surface area contributed by atoms with Gasteiger partial charge in [-0.15, -0.1) is 0 Å². The van der Waals surface area contributed by atoms with Gasteiger partial charge >= 0.3 is 0 Å². The topological polar surface area (TPSA) is 12.4 Å². The Morgan fingerprint density at radius 3 is 2.29 bits per heavy atom. The van der Waals surface area contributed by atoms with E-state index in [1.165, 1.54) is 50.5 Å². The summed E-state index contributed by atoms with van der Waals surface area (Å²) >= 11 is 4.68. The number of benzene rings is 2. The Bertz CT molecular complexity index is 886. The molecule has 0 saturated heterocycles. The van der Waals surface area contributed by atoms with Crippen molar-refractivity contribution in [2.24, 2.45) is 10.9 Å². The van der Waals surface area contributed by atoms with Gasteiger partial charge < -0.3 is 0 Å². The number of aryl methyl sites for hydroxylation is 1. The van der Waals surface area contributed by atoms with Crippen molar-refractivity contribution in [1.82, 2.24) is 0 Å². The van der Waals surface area contributed by atoms with E-state index in [-0.39, 0.29) is 0 Å². The van der Waals surface area contributed by atoms with Crippen molar-refractivity contribution in [3.05, 3.63) is 64.7 Å². The zero-order valence-corrected chi connectivity index (χ0v) is 17.8. The molecular formula is C26H29NS. The zero-order valence-electron chi connectivity index (χ0n) is 17.0. The summed E-state index contributed by atoms with van der Waals surface area (Å²) in [6, 6.07) is 14.9. The monoisotopic (exact) mass is 387 g/mol. The minimum Gasteiger partial charge on any atom is -0.194 e. The molecule has 0 spiro atoms. The van der Waals surface area contributed by atoms with Crippen LogP contribution in [0.15, 0.2) is 47.5 Å². The van der Waals surface area contributed by atoms with Crippen molar-refractivity contribution in [1.29, 1.82) is 0 Å². The van der Waals surface area contributed by atoms with Gasteiger partial charge in [-0.2, -0.15) is 4.99 Å². The molecule has 1 nitrogen and oxygen atoms in total. The molecule has 0 amide bonds. The van der Waals surface area contributed by atoms with Crippen molar-refractivity contribution >= 4 is 23.1 Å². The highest BCUT2D eigenvalue weighted by molar-refractivity contribution is 7.78. The number of thiocarbonyl (C=S) groups is 1. The first-order chi connectivity index (χ1) is 13.7. The number of rotatable bonds is 5. The summed E-state index contributed by atoms with van der Waals surface area (Å²) < 4.78 is 0. The van der Waals surface area contributed by atoms with Gasteiger partial charge in [0.1, 0.15) is 0 Å². The normalized spacial score (nSPS) is 18.6. The van der Waals surface area contributed by atoms with E-state index in [1.807, 2.05) is 25.1 Å². The molecule has 0 unspecified atom stereocenters. The van der Waals surface area contributed by atoms with Crippen LogP contribution >= 0.6 is 12.2 Å². The minimum absolute atomic E-state index is 0.733. The summed E-state index contributed by atoms with van der Waals surface area (Å²) in [5, 5.41) is 2.42.